The van der Waals surface area contributed by atoms with Crippen molar-refractivity contribution in [1.82, 2.24) is 0 Å². The average molecular weight is 486 g/mol. The maximum absolute atomic E-state index is 14.2. The molecule has 178 valence electrons. The summed E-state index contributed by atoms with van der Waals surface area (Å²) >= 11 is 0. The molecule has 2 unspecified atom stereocenters. The van der Waals surface area contributed by atoms with E-state index in [4.69, 9.17) is 9.47 Å². The molecule has 3 aromatic rings. The van der Waals surface area contributed by atoms with Crippen LogP contribution in [0, 0.1) is 12.7 Å². The summed E-state index contributed by atoms with van der Waals surface area (Å²) in [6.45, 7) is 3.08. The Hall–Kier alpha value is -3.13. The smallest absolute Gasteiger partial charge is 0.404 e. The number of fused-ring (bicyclic) bond motifs is 2. The van der Waals surface area contributed by atoms with Crippen molar-refractivity contribution >= 4 is 15.7 Å². The number of benzene rings is 3. The zero-order valence-corrected chi connectivity index (χ0v) is 19.7. The number of halogens is 2. The Kier molecular flexibility index (Phi) is 5.51. The molecular formula is C26H25F2NO4S. The van der Waals surface area contributed by atoms with Crippen molar-refractivity contribution in [2.24, 2.45) is 0 Å². The highest BCUT2D eigenvalue weighted by Crippen LogP contribution is 2.41. The Labute approximate surface area is 198 Å². The minimum absolute atomic E-state index is 0.172. The Morgan fingerprint density at radius 3 is 2.53 bits per heavy atom. The lowest BCUT2D eigenvalue weighted by molar-refractivity contribution is -0.173. The molecule has 0 fully saturated rings. The van der Waals surface area contributed by atoms with E-state index in [0.717, 1.165) is 16.7 Å². The van der Waals surface area contributed by atoms with E-state index < -0.39 is 21.9 Å². The first-order valence-electron chi connectivity index (χ1n) is 11.2. The molecule has 0 bridgehead atoms. The molecule has 0 radical (unpaired) electrons. The SMILES string of the molecule is Cc1ccc(S(=O)(=O)N2c3cc(F)ccc3CCC2CCc2ccc3c(c2)OC(C)(F)O3)cc1. The predicted octanol–water partition coefficient (Wildman–Crippen LogP) is 5.69. The fourth-order valence-electron chi connectivity index (χ4n) is 4.62. The summed E-state index contributed by atoms with van der Waals surface area (Å²) in [4.78, 5) is 0.172. The van der Waals surface area contributed by atoms with Gasteiger partial charge in [-0.05, 0) is 80.1 Å². The van der Waals surface area contributed by atoms with Crippen LogP contribution in [0.3, 0.4) is 0 Å². The van der Waals surface area contributed by atoms with E-state index in [0.29, 0.717) is 42.9 Å². The summed E-state index contributed by atoms with van der Waals surface area (Å²) < 4.78 is 67.4. The van der Waals surface area contributed by atoms with E-state index in [-0.39, 0.29) is 10.9 Å². The topological polar surface area (TPSA) is 55.8 Å². The maximum Gasteiger partial charge on any atom is 0.404 e. The van der Waals surface area contributed by atoms with Crippen LogP contribution >= 0.6 is 0 Å². The highest BCUT2D eigenvalue weighted by atomic mass is 32.2. The number of rotatable bonds is 5. The monoisotopic (exact) mass is 485 g/mol. The number of anilines is 1. The summed E-state index contributed by atoms with van der Waals surface area (Å²) in [5, 5.41) is 0. The van der Waals surface area contributed by atoms with Gasteiger partial charge in [-0.3, -0.25) is 4.31 Å². The molecule has 0 aromatic heterocycles. The van der Waals surface area contributed by atoms with Gasteiger partial charge >= 0.3 is 6.04 Å². The van der Waals surface area contributed by atoms with Gasteiger partial charge in [-0.15, -0.1) is 0 Å². The minimum Gasteiger partial charge on any atom is -0.423 e. The molecule has 2 aliphatic heterocycles. The number of sulfonamides is 1. The highest BCUT2D eigenvalue weighted by Gasteiger charge is 2.38. The molecule has 0 N–H and O–H groups in total. The van der Waals surface area contributed by atoms with Crippen LogP contribution in [0.15, 0.2) is 65.6 Å². The number of aryl methyl sites for hydroxylation is 3. The molecule has 5 nitrogen and oxygen atoms in total. The summed E-state index contributed by atoms with van der Waals surface area (Å²) in [6, 6.07) is 13.6. The molecule has 0 saturated carbocycles. The molecule has 0 spiro atoms. The largest absolute Gasteiger partial charge is 0.423 e. The first-order valence-corrected chi connectivity index (χ1v) is 12.7. The van der Waals surface area contributed by atoms with Gasteiger partial charge in [0.2, 0.25) is 0 Å². The Balaban J connectivity index is 1.46. The van der Waals surface area contributed by atoms with E-state index >= 15 is 0 Å². The zero-order valence-electron chi connectivity index (χ0n) is 18.9. The molecule has 0 aliphatic carbocycles. The van der Waals surface area contributed by atoms with Crippen LogP contribution < -0.4 is 13.8 Å². The van der Waals surface area contributed by atoms with Crippen LogP contribution in [0.5, 0.6) is 11.5 Å². The Morgan fingerprint density at radius 2 is 1.76 bits per heavy atom. The summed E-state index contributed by atoms with van der Waals surface area (Å²) in [5.41, 5.74) is 3.01. The Bertz CT molecular complexity index is 1340. The van der Waals surface area contributed by atoms with E-state index in [9.17, 15) is 17.2 Å². The maximum atomic E-state index is 14.2. The summed E-state index contributed by atoms with van der Waals surface area (Å²) in [6.07, 6.45) is 2.31. The van der Waals surface area contributed by atoms with Gasteiger partial charge in [-0.1, -0.05) is 29.8 Å². The van der Waals surface area contributed by atoms with Gasteiger partial charge in [-0.2, -0.15) is 4.39 Å². The van der Waals surface area contributed by atoms with Gasteiger partial charge in [0.25, 0.3) is 10.0 Å². The normalized spacial score (nSPS) is 21.4. The number of ether oxygens (including phenoxy) is 2. The third-order valence-electron chi connectivity index (χ3n) is 6.30. The van der Waals surface area contributed by atoms with Crippen molar-refractivity contribution in [3.05, 3.63) is 83.2 Å². The lowest BCUT2D eigenvalue weighted by Gasteiger charge is -2.38. The first kappa shape index (κ1) is 22.7. The van der Waals surface area contributed by atoms with E-state index in [1.165, 1.54) is 23.4 Å². The van der Waals surface area contributed by atoms with Gasteiger partial charge in [0, 0.05) is 13.0 Å². The van der Waals surface area contributed by atoms with Crippen LogP contribution in [0.1, 0.15) is 36.5 Å². The third-order valence-corrected chi connectivity index (χ3v) is 8.18. The predicted molar refractivity (Wildman–Crippen MR) is 125 cm³/mol. The number of hydrogen-bond donors (Lipinski definition) is 0. The van der Waals surface area contributed by atoms with Crippen molar-refractivity contribution in [3.8, 4) is 11.5 Å². The van der Waals surface area contributed by atoms with Crippen molar-refractivity contribution < 1.29 is 26.7 Å². The van der Waals surface area contributed by atoms with E-state index in [1.807, 2.05) is 13.0 Å². The van der Waals surface area contributed by atoms with Gasteiger partial charge in [0.15, 0.2) is 11.5 Å². The fraction of sp³-hybridized carbons (Fsp3) is 0.308. The fourth-order valence-corrected chi connectivity index (χ4v) is 6.36. The van der Waals surface area contributed by atoms with Gasteiger partial charge in [0.1, 0.15) is 5.82 Å². The van der Waals surface area contributed by atoms with Gasteiger partial charge in [0.05, 0.1) is 10.6 Å². The molecule has 5 rings (SSSR count). The first-order chi connectivity index (χ1) is 16.1. The van der Waals surface area contributed by atoms with Crippen molar-refractivity contribution in [3.63, 3.8) is 0 Å². The standard InChI is InChI=1S/C26H25F2NO4S/c1-17-3-12-22(13-4-17)34(30,31)29-21(11-8-19-7-9-20(27)16-23(19)29)10-5-18-6-14-24-25(15-18)33-26(2,28)32-24/h3-4,6-7,9,12-16,21H,5,8,10-11H2,1-2H3. The molecule has 0 amide bonds. The van der Waals surface area contributed by atoms with Gasteiger partial charge in [-0.25, -0.2) is 12.8 Å². The molecule has 34 heavy (non-hydrogen) atoms. The van der Waals surface area contributed by atoms with Crippen LogP contribution in [0.4, 0.5) is 14.5 Å². The molecule has 8 heteroatoms. The van der Waals surface area contributed by atoms with Crippen molar-refractivity contribution in [1.29, 1.82) is 0 Å². The van der Waals surface area contributed by atoms with Crippen LogP contribution in [0.2, 0.25) is 0 Å². The average Bonchev–Trinajstić information content (AvgIpc) is 3.10. The van der Waals surface area contributed by atoms with Gasteiger partial charge < -0.3 is 9.47 Å². The van der Waals surface area contributed by atoms with Crippen molar-refractivity contribution in [2.75, 3.05) is 4.31 Å². The molecule has 2 aliphatic rings. The van der Waals surface area contributed by atoms with Crippen molar-refractivity contribution in [2.45, 2.75) is 56.5 Å². The lowest BCUT2D eigenvalue weighted by Crippen LogP contribution is -2.44. The lowest BCUT2D eigenvalue weighted by atomic mass is 9.94. The summed E-state index contributed by atoms with van der Waals surface area (Å²) in [7, 11) is -3.92. The van der Waals surface area contributed by atoms with Crippen LogP contribution in [-0.4, -0.2) is 20.5 Å². The minimum atomic E-state index is -3.92. The number of nitrogens with zero attached hydrogens (tertiary/aromatic N) is 1. The zero-order chi connectivity index (χ0) is 24.1. The third kappa shape index (κ3) is 4.22. The second-order valence-electron chi connectivity index (χ2n) is 8.94. The molecular weight excluding hydrogens is 460 g/mol. The molecule has 3 aromatic carbocycles. The molecule has 2 atom stereocenters. The highest BCUT2D eigenvalue weighted by molar-refractivity contribution is 7.92. The van der Waals surface area contributed by atoms with E-state index in [2.05, 4.69) is 0 Å². The quantitative estimate of drug-likeness (QED) is 0.466. The second-order valence-corrected chi connectivity index (χ2v) is 10.8. The molecule has 2 heterocycles. The molecule has 0 saturated heterocycles. The number of alkyl halides is 1. The van der Waals surface area contributed by atoms with Crippen LogP contribution in [0.25, 0.3) is 0 Å². The Morgan fingerprint density at radius 1 is 1.03 bits per heavy atom. The summed E-state index contributed by atoms with van der Waals surface area (Å²) in [5.74, 6) is 0.177. The number of hydrogen-bond acceptors (Lipinski definition) is 4. The second kappa shape index (κ2) is 8.27. The van der Waals surface area contributed by atoms with Crippen LogP contribution in [-0.2, 0) is 22.9 Å². The van der Waals surface area contributed by atoms with E-state index in [1.54, 1.807) is 42.5 Å².